The number of alkyl halides is 3. The van der Waals surface area contributed by atoms with Crippen molar-refractivity contribution in [3.63, 3.8) is 0 Å². The van der Waals surface area contributed by atoms with Crippen LogP contribution in [0.25, 0.3) is 0 Å². The van der Waals surface area contributed by atoms with E-state index < -0.39 is 21.5 Å². The highest BCUT2D eigenvalue weighted by molar-refractivity contribution is 7.17. The molecule has 0 aliphatic rings. The van der Waals surface area contributed by atoms with Gasteiger partial charge in [-0.25, -0.2) is 0 Å². The standard InChI is InChI=1S/C2H3F3O2P/c3-2(4,5)1-7-8-6/h8H,1H2. The summed E-state index contributed by atoms with van der Waals surface area (Å²) in [6.07, 6.45) is -4.36. The minimum absolute atomic E-state index is 1.34. The second-order valence-electron chi connectivity index (χ2n) is 0.987. The van der Waals surface area contributed by atoms with Crippen molar-refractivity contribution >= 4 is 8.69 Å². The summed E-state index contributed by atoms with van der Waals surface area (Å²) >= 11 is 0. The maximum Gasteiger partial charge on any atom is 0.412 e. The molecule has 8 heavy (non-hydrogen) atoms. The van der Waals surface area contributed by atoms with Gasteiger partial charge >= 0.3 is 6.18 Å². The zero-order valence-corrected chi connectivity index (χ0v) is 4.66. The smallest absolute Gasteiger partial charge is 0.297 e. The molecular formula is C2H3F3O2P. The lowest BCUT2D eigenvalue weighted by atomic mass is 10.7. The third-order valence-corrected chi connectivity index (χ3v) is 0.557. The van der Waals surface area contributed by atoms with Crippen LogP contribution in [-0.2, 0) is 9.09 Å². The fourth-order valence-corrected chi connectivity index (χ4v) is 0.334. The summed E-state index contributed by atoms with van der Waals surface area (Å²) in [7, 11) is -1.34. The molecule has 1 unspecified atom stereocenters. The van der Waals surface area contributed by atoms with Crippen LogP contribution in [-0.4, -0.2) is 12.8 Å². The van der Waals surface area contributed by atoms with Crippen molar-refractivity contribution in [3.8, 4) is 0 Å². The van der Waals surface area contributed by atoms with E-state index in [1.165, 1.54) is 0 Å². The molecule has 49 valence electrons. The van der Waals surface area contributed by atoms with Crippen molar-refractivity contribution in [2.45, 2.75) is 6.18 Å². The molecule has 1 atom stereocenters. The summed E-state index contributed by atoms with van der Waals surface area (Å²) < 4.78 is 45.8. The van der Waals surface area contributed by atoms with Gasteiger partial charge in [-0.1, -0.05) is 0 Å². The van der Waals surface area contributed by atoms with Crippen LogP contribution in [0, 0.1) is 0 Å². The van der Waals surface area contributed by atoms with Crippen molar-refractivity contribution in [2.75, 3.05) is 6.61 Å². The minimum atomic E-state index is -4.36. The second-order valence-corrected chi connectivity index (χ2v) is 1.44. The van der Waals surface area contributed by atoms with E-state index in [9.17, 15) is 17.7 Å². The molecule has 0 N–H and O–H groups in total. The van der Waals surface area contributed by atoms with Gasteiger partial charge in [0.15, 0.2) is 15.3 Å². The zero-order chi connectivity index (χ0) is 6.62. The molecular weight excluding hydrogens is 144 g/mol. The molecule has 6 heteroatoms. The van der Waals surface area contributed by atoms with Gasteiger partial charge in [0.05, 0.1) is 0 Å². The Morgan fingerprint density at radius 3 is 2.12 bits per heavy atom. The first-order valence-corrected chi connectivity index (χ1v) is 2.43. The Morgan fingerprint density at radius 1 is 1.50 bits per heavy atom. The third kappa shape index (κ3) is 5.85. The van der Waals surface area contributed by atoms with E-state index in [2.05, 4.69) is 4.52 Å². The van der Waals surface area contributed by atoms with E-state index in [0.717, 1.165) is 0 Å². The SMILES string of the molecule is O=[PH]OCC(F)(F)F. The van der Waals surface area contributed by atoms with Crippen LogP contribution in [0.2, 0.25) is 0 Å². The van der Waals surface area contributed by atoms with Crippen molar-refractivity contribution in [3.05, 3.63) is 0 Å². The highest BCUT2D eigenvalue weighted by atomic mass is 31.1. The Kier molecular flexibility index (Phi) is 2.94. The summed E-state index contributed by atoms with van der Waals surface area (Å²) in [6, 6.07) is 0. The van der Waals surface area contributed by atoms with E-state index in [4.69, 9.17) is 0 Å². The fourth-order valence-electron chi connectivity index (χ4n) is 0.111. The average molecular weight is 147 g/mol. The molecule has 0 bridgehead atoms. The van der Waals surface area contributed by atoms with Gasteiger partial charge < -0.3 is 0 Å². The zero-order valence-electron chi connectivity index (χ0n) is 3.66. The Bertz CT molecular complexity index is 79.8. The first-order chi connectivity index (χ1) is 3.56. The summed E-state index contributed by atoms with van der Waals surface area (Å²) in [5, 5.41) is 0. The molecule has 0 aliphatic carbocycles. The van der Waals surface area contributed by atoms with Crippen LogP contribution in [0.5, 0.6) is 0 Å². The highest BCUT2D eigenvalue weighted by Crippen LogP contribution is 2.16. The average Bonchev–Trinajstić information content (AvgIpc) is 1.59. The normalized spacial score (nSPS) is 12.4. The maximum absolute atomic E-state index is 11.0. The molecule has 0 saturated carbocycles. The molecule has 2 nitrogen and oxygen atoms in total. The van der Waals surface area contributed by atoms with E-state index in [1.54, 1.807) is 0 Å². The van der Waals surface area contributed by atoms with Crippen LogP contribution in [0.15, 0.2) is 0 Å². The largest absolute Gasteiger partial charge is 0.412 e. The molecule has 0 aliphatic heterocycles. The molecule has 0 aromatic rings. The lowest BCUT2D eigenvalue weighted by Gasteiger charge is -2.00. The lowest BCUT2D eigenvalue weighted by Crippen LogP contribution is -2.13. The fraction of sp³-hybridized carbons (Fsp3) is 1.00. The third-order valence-electron chi connectivity index (χ3n) is 0.295. The molecule has 0 heterocycles. The Hall–Kier alpha value is -0.150. The van der Waals surface area contributed by atoms with Gasteiger partial charge in [-0.05, 0) is 0 Å². The highest BCUT2D eigenvalue weighted by Gasteiger charge is 2.27. The molecule has 0 fully saturated rings. The Labute approximate surface area is 44.9 Å². The van der Waals surface area contributed by atoms with Gasteiger partial charge in [-0.3, -0.25) is 9.09 Å². The van der Waals surface area contributed by atoms with Gasteiger partial charge in [-0.2, -0.15) is 13.2 Å². The predicted molar refractivity (Wildman–Crippen MR) is 21.0 cm³/mol. The summed E-state index contributed by atoms with van der Waals surface area (Å²) in [6.45, 7) is -1.44. The Balaban J connectivity index is 3.24. The topological polar surface area (TPSA) is 26.3 Å². The van der Waals surface area contributed by atoms with Gasteiger partial charge in [0, 0.05) is 0 Å². The van der Waals surface area contributed by atoms with Crippen molar-refractivity contribution < 1.29 is 22.3 Å². The lowest BCUT2D eigenvalue weighted by molar-refractivity contribution is -0.151. The molecule has 0 aromatic heterocycles. The quantitative estimate of drug-likeness (QED) is 0.553. The van der Waals surface area contributed by atoms with Crippen LogP contribution in [0.1, 0.15) is 0 Å². The van der Waals surface area contributed by atoms with E-state index in [-0.39, 0.29) is 0 Å². The molecule has 0 aromatic carbocycles. The first kappa shape index (κ1) is 7.85. The van der Waals surface area contributed by atoms with Crippen molar-refractivity contribution in [1.82, 2.24) is 0 Å². The molecule has 0 rings (SSSR count). The molecule has 0 spiro atoms. The van der Waals surface area contributed by atoms with Crippen LogP contribution in [0.3, 0.4) is 0 Å². The summed E-state index contributed by atoms with van der Waals surface area (Å²) in [5.74, 6) is 0. The number of hydrogen-bond donors (Lipinski definition) is 0. The van der Waals surface area contributed by atoms with Gasteiger partial charge in [0.2, 0.25) is 0 Å². The number of hydrogen-bond acceptors (Lipinski definition) is 2. The summed E-state index contributed by atoms with van der Waals surface area (Å²) in [4.78, 5) is 0. The monoisotopic (exact) mass is 147 g/mol. The predicted octanol–water partition coefficient (Wildman–Crippen LogP) is 1.50. The van der Waals surface area contributed by atoms with Crippen molar-refractivity contribution in [2.24, 2.45) is 0 Å². The van der Waals surface area contributed by atoms with Gasteiger partial charge in [0.25, 0.3) is 0 Å². The molecule has 1 radical (unpaired) electrons. The summed E-state index contributed by atoms with van der Waals surface area (Å²) in [5.41, 5.74) is 0. The van der Waals surface area contributed by atoms with E-state index in [1.807, 2.05) is 0 Å². The second kappa shape index (κ2) is 2.99. The Morgan fingerprint density at radius 2 is 2.00 bits per heavy atom. The van der Waals surface area contributed by atoms with Crippen molar-refractivity contribution in [1.29, 1.82) is 0 Å². The van der Waals surface area contributed by atoms with Crippen LogP contribution >= 0.6 is 8.69 Å². The van der Waals surface area contributed by atoms with Gasteiger partial charge in [-0.15, -0.1) is 0 Å². The van der Waals surface area contributed by atoms with E-state index in [0.29, 0.717) is 0 Å². The maximum atomic E-state index is 11.0. The number of rotatable bonds is 2. The van der Waals surface area contributed by atoms with Crippen LogP contribution < -0.4 is 0 Å². The molecule has 0 saturated heterocycles. The molecule has 0 amide bonds. The number of halogens is 3. The van der Waals surface area contributed by atoms with E-state index >= 15 is 0 Å². The minimum Gasteiger partial charge on any atom is -0.297 e. The van der Waals surface area contributed by atoms with Gasteiger partial charge in [0.1, 0.15) is 0 Å². The first-order valence-electron chi connectivity index (χ1n) is 1.62. The van der Waals surface area contributed by atoms with Crippen LogP contribution in [0.4, 0.5) is 13.2 Å².